The first-order valence-corrected chi connectivity index (χ1v) is 30.3. The van der Waals surface area contributed by atoms with Gasteiger partial charge in [-0.2, -0.15) is 0 Å². The van der Waals surface area contributed by atoms with Crippen molar-refractivity contribution in [3.8, 4) is 44.5 Å². The number of carbonyl (C=O) groups excluding carboxylic acids is 3. The monoisotopic (exact) mass is 1170 g/mol. The van der Waals surface area contributed by atoms with Crippen LogP contribution in [-0.4, -0.2) is 111 Å². The quantitative estimate of drug-likeness (QED) is 0.0889. The highest BCUT2D eigenvalue weighted by atomic mass is 16.2. The molecule has 436 valence electrons. The van der Waals surface area contributed by atoms with Crippen molar-refractivity contribution < 1.29 is 14.4 Å². The number of carbonyl (C=O) groups is 3. The Morgan fingerprint density at radius 1 is 0.326 bits per heavy atom. The standard InChI is InChI=1S/C75H63N11O3/c87-68-46-84-40-42-85-44-45-86(43-41-84)48-70(89)82-58-30-16-12-26-54(58)73-63-35-33-61(77-63)71(52-24-10-14-28-56(52)80-68)60-32-34-62(76-60)72(53-25-11-15-29-57(53)81-69(88)47-85)64-36-38-66(78-64)74(67-39-37-65(73)79-67)55-27-13-17-31-59(55)83-75(49-18-4-1-5-19-49,50-20-6-2-7-21-50)51-22-8-3-9-23-51/h1-39,76,79,83H,40-48H2,(H,80,87)(H,81,88)(H,82,89). The summed E-state index contributed by atoms with van der Waals surface area (Å²) in [6.45, 7) is 3.33. The fraction of sp³-hybridized carbons (Fsp3) is 0.133. The topological polar surface area (TPSA) is 166 Å². The average Bonchev–Trinajstić information content (AvgIpc) is 2.66. The van der Waals surface area contributed by atoms with Gasteiger partial charge in [0, 0.05) is 129 Å². The third-order valence-corrected chi connectivity index (χ3v) is 17.6. The lowest BCUT2D eigenvalue weighted by molar-refractivity contribution is -0.118. The van der Waals surface area contributed by atoms with E-state index in [4.69, 9.17) is 9.97 Å². The van der Waals surface area contributed by atoms with E-state index in [9.17, 15) is 14.4 Å². The largest absolute Gasteiger partial charge is 0.367 e. The van der Waals surface area contributed by atoms with Crippen molar-refractivity contribution in [1.82, 2.24) is 34.6 Å². The number of nitrogens with zero attached hydrogens (tertiary/aromatic N) is 5. The second-order valence-electron chi connectivity index (χ2n) is 23.1. The summed E-state index contributed by atoms with van der Waals surface area (Å²) in [6, 6.07) is 72.3. The molecule has 5 aliphatic rings. The Balaban J connectivity index is 1.08. The van der Waals surface area contributed by atoms with Gasteiger partial charge < -0.3 is 31.2 Å². The number of anilines is 4. The summed E-state index contributed by atoms with van der Waals surface area (Å²) in [5.74, 6) is -0.584. The second kappa shape index (κ2) is 23.5. The van der Waals surface area contributed by atoms with E-state index in [0.29, 0.717) is 79.1 Å². The fourth-order valence-corrected chi connectivity index (χ4v) is 13.4. The van der Waals surface area contributed by atoms with Gasteiger partial charge in [-0.25, -0.2) is 9.97 Å². The molecule has 0 radical (unpaired) electrons. The molecule has 89 heavy (non-hydrogen) atoms. The predicted molar refractivity (Wildman–Crippen MR) is 359 cm³/mol. The summed E-state index contributed by atoms with van der Waals surface area (Å²) in [5.41, 5.74) is 16.8. The van der Waals surface area contributed by atoms with E-state index in [1.165, 1.54) is 0 Å². The molecule has 14 nitrogen and oxygen atoms in total. The van der Waals surface area contributed by atoms with Gasteiger partial charge in [0.15, 0.2) is 0 Å². The van der Waals surface area contributed by atoms with Gasteiger partial charge in [0.25, 0.3) is 0 Å². The van der Waals surface area contributed by atoms with Crippen molar-refractivity contribution in [2.75, 3.05) is 80.2 Å². The maximum Gasteiger partial charge on any atom is 0.238 e. The number of hydrogen-bond acceptors (Lipinski definition) is 9. The van der Waals surface area contributed by atoms with E-state index >= 15 is 0 Å². The van der Waals surface area contributed by atoms with Crippen LogP contribution >= 0.6 is 0 Å². The average molecular weight is 1170 g/mol. The minimum absolute atomic E-state index is 0.0745. The number of benzene rings is 7. The molecular formula is C75H63N11O3. The Bertz CT molecular complexity index is 4490. The number of rotatable bonds is 6. The highest BCUT2D eigenvalue weighted by Crippen LogP contribution is 2.46. The molecular weight excluding hydrogens is 1100 g/mol. The molecule has 0 spiro atoms. The van der Waals surface area contributed by atoms with Crippen LogP contribution in [0.15, 0.2) is 212 Å². The van der Waals surface area contributed by atoms with Crippen LogP contribution in [-0.2, 0) is 19.9 Å². The van der Waals surface area contributed by atoms with Crippen LogP contribution < -0.4 is 21.3 Å². The molecule has 1 saturated heterocycles. The summed E-state index contributed by atoms with van der Waals surface area (Å²) >= 11 is 0. The van der Waals surface area contributed by atoms with E-state index in [0.717, 1.165) is 89.0 Å². The van der Waals surface area contributed by atoms with Crippen LogP contribution in [0.5, 0.6) is 0 Å². The van der Waals surface area contributed by atoms with Gasteiger partial charge in [-0.05, 0) is 89.5 Å². The summed E-state index contributed by atoms with van der Waals surface area (Å²) in [4.78, 5) is 69.8. The number of aromatic amines is 2. The Hall–Kier alpha value is -10.8. The lowest BCUT2D eigenvalue weighted by atomic mass is 9.76. The molecule has 6 N–H and O–H groups in total. The second-order valence-corrected chi connectivity index (χ2v) is 23.1. The zero-order valence-corrected chi connectivity index (χ0v) is 48.8. The fourth-order valence-electron chi connectivity index (χ4n) is 13.4. The van der Waals surface area contributed by atoms with E-state index in [-0.39, 0.29) is 37.4 Å². The first-order valence-electron chi connectivity index (χ1n) is 30.3. The molecule has 0 saturated carbocycles. The van der Waals surface area contributed by atoms with Crippen molar-refractivity contribution in [3.05, 3.63) is 252 Å². The maximum atomic E-state index is 14.8. The van der Waals surface area contributed by atoms with Crippen LogP contribution in [0.3, 0.4) is 0 Å². The Kier molecular flexibility index (Phi) is 14.5. The highest BCUT2D eigenvalue weighted by molar-refractivity contribution is 6.07. The number of hydrogen-bond donors (Lipinski definition) is 6. The number of aromatic nitrogens is 4. The minimum Gasteiger partial charge on any atom is -0.367 e. The molecule has 0 aliphatic carbocycles. The van der Waals surface area contributed by atoms with Crippen molar-refractivity contribution >= 4 is 86.8 Å². The molecule has 3 atom stereocenters. The van der Waals surface area contributed by atoms with Crippen molar-refractivity contribution in [1.29, 1.82) is 0 Å². The van der Waals surface area contributed by atoms with Gasteiger partial charge in [0.05, 0.1) is 42.4 Å². The van der Waals surface area contributed by atoms with Gasteiger partial charge in [-0.3, -0.25) is 29.1 Å². The third-order valence-electron chi connectivity index (χ3n) is 17.6. The molecule has 5 aliphatic heterocycles. The number of para-hydroxylation sites is 4. The zero-order valence-electron chi connectivity index (χ0n) is 48.8. The zero-order chi connectivity index (χ0) is 59.8. The van der Waals surface area contributed by atoms with Crippen LogP contribution in [0.25, 0.3) is 90.9 Å². The lowest BCUT2D eigenvalue weighted by Crippen LogP contribution is -2.42. The summed E-state index contributed by atoms with van der Waals surface area (Å²) in [5, 5.41) is 14.3. The van der Waals surface area contributed by atoms with E-state index in [1.54, 1.807) is 0 Å². The van der Waals surface area contributed by atoms with Gasteiger partial charge in [0.2, 0.25) is 17.7 Å². The molecule has 3 unspecified atom stereocenters. The van der Waals surface area contributed by atoms with Crippen LogP contribution in [0, 0.1) is 0 Å². The number of fused-ring (bicyclic) bond motifs is 16. The predicted octanol–water partition coefficient (Wildman–Crippen LogP) is 13.5. The Morgan fingerprint density at radius 2 is 0.607 bits per heavy atom. The van der Waals surface area contributed by atoms with E-state index in [2.05, 4.69) is 198 Å². The minimum atomic E-state index is -0.885. The molecule has 14 heteroatoms. The molecule has 14 bridgehead atoms. The summed E-state index contributed by atoms with van der Waals surface area (Å²) < 4.78 is 0. The van der Waals surface area contributed by atoms with Crippen molar-refractivity contribution in [2.24, 2.45) is 0 Å². The van der Waals surface area contributed by atoms with E-state index < -0.39 is 5.54 Å². The SMILES string of the molecule is O=C1CN2CCN3CCN(CC2)CC(=O)Nc2ccccc2-c2c4nc(c(c5ccc([nH]5)c(c5nc(c(-c6ccccc6NC(c6ccccc6)(c6ccccc6)c6ccccc6)c6ccc2[nH]6)C=C5)-c2ccccc2NC(=O)C3)-c2ccccc2N1)C=C4. The van der Waals surface area contributed by atoms with Crippen LogP contribution in [0.1, 0.15) is 39.5 Å². The van der Waals surface area contributed by atoms with Gasteiger partial charge >= 0.3 is 0 Å². The number of nitrogens with one attached hydrogen (secondary N) is 6. The first-order chi connectivity index (χ1) is 43.8. The number of H-pyrrole nitrogens is 2. The smallest absolute Gasteiger partial charge is 0.238 e. The van der Waals surface area contributed by atoms with Crippen LogP contribution in [0.2, 0.25) is 0 Å². The summed E-state index contributed by atoms with van der Waals surface area (Å²) in [6.07, 6.45) is 8.21. The normalized spacial score (nSPS) is 17.4. The maximum absolute atomic E-state index is 14.8. The first kappa shape index (κ1) is 54.9. The highest BCUT2D eigenvalue weighted by Gasteiger charge is 2.37. The van der Waals surface area contributed by atoms with E-state index in [1.807, 2.05) is 84.9 Å². The molecule has 10 aromatic rings. The summed E-state index contributed by atoms with van der Waals surface area (Å²) in [7, 11) is 0. The van der Waals surface area contributed by atoms with Gasteiger partial charge in [-0.15, -0.1) is 0 Å². The third kappa shape index (κ3) is 10.6. The molecule has 8 heterocycles. The Labute approximate surface area is 515 Å². The van der Waals surface area contributed by atoms with Gasteiger partial charge in [0.1, 0.15) is 5.54 Å². The molecule has 1 fully saturated rings. The Morgan fingerprint density at radius 3 is 0.944 bits per heavy atom. The lowest BCUT2D eigenvalue weighted by Gasteiger charge is -2.38. The van der Waals surface area contributed by atoms with Gasteiger partial charge in [-0.1, -0.05) is 164 Å². The molecule has 15 rings (SSSR count). The number of amides is 3. The van der Waals surface area contributed by atoms with Crippen molar-refractivity contribution in [2.45, 2.75) is 5.54 Å². The molecule has 7 aromatic carbocycles. The molecule has 3 aromatic heterocycles. The molecule has 3 amide bonds. The van der Waals surface area contributed by atoms with Crippen molar-refractivity contribution in [3.63, 3.8) is 0 Å². The van der Waals surface area contributed by atoms with Crippen LogP contribution in [0.4, 0.5) is 22.7 Å².